The highest BCUT2D eigenvalue weighted by atomic mass is 32.2. The third-order valence-corrected chi connectivity index (χ3v) is 7.90. The number of piperidine rings is 1. The zero-order valence-corrected chi connectivity index (χ0v) is 19.9. The molecule has 1 aliphatic heterocycles. The summed E-state index contributed by atoms with van der Waals surface area (Å²) in [5.74, 6) is -0.785. The molecule has 0 saturated carbocycles. The van der Waals surface area contributed by atoms with Crippen LogP contribution in [0.15, 0.2) is 71.6 Å². The Labute approximate surface area is 207 Å². The van der Waals surface area contributed by atoms with Gasteiger partial charge in [-0.05, 0) is 66.9 Å². The van der Waals surface area contributed by atoms with E-state index in [9.17, 15) is 26.4 Å². The number of halogens is 3. The zero-order chi connectivity index (χ0) is 25.9. The smallest absolute Gasteiger partial charge is 0.322 e. The van der Waals surface area contributed by atoms with Gasteiger partial charge in [-0.15, -0.1) is 0 Å². The molecule has 0 radical (unpaired) electrons. The summed E-state index contributed by atoms with van der Waals surface area (Å²) in [6.07, 6.45) is -2.14. The fraction of sp³-hybridized carbons (Fsp3) is 0.231. The van der Waals surface area contributed by atoms with Gasteiger partial charge in [0.15, 0.2) is 0 Å². The molecule has 1 fully saturated rings. The van der Waals surface area contributed by atoms with E-state index in [0.29, 0.717) is 13.1 Å². The summed E-state index contributed by atoms with van der Waals surface area (Å²) in [5.41, 5.74) is -0.858. The maximum absolute atomic E-state index is 13.8. The summed E-state index contributed by atoms with van der Waals surface area (Å²) in [7, 11) is -3.66. The van der Waals surface area contributed by atoms with Crippen molar-refractivity contribution in [2.24, 2.45) is 0 Å². The molecule has 6 nitrogen and oxygen atoms in total. The third-order valence-electron chi connectivity index (χ3n) is 5.98. The predicted molar refractivity (Wildman–Crippen MR) is 129 cm³/mol. The molecule has 10 heteroatoms. The Hall–Kier alpha value is -3.68. The van der Waals surface area contributed by atoms with E-state index in [0.717, 1.165) is 31.4 Å². The van der Waals surface area contributed by atoms with Crippen LogP contribution in [0.2, 0.25) is 0 Å². The molecule has 3 aromatic carbocycles. The van der Waals surface area contributed by atoms with E-state index in [-0.39, 0.29) is 32.8 Å². The van der Waals surface area contributed by atoms with Gasteiger partial charge in [0.05, 0.1) is 22.1 Å². The summed E-state index contributed by atoms with van der Waals surface area (Å²) in [6, 6.07) is 16.3. The highest BCUT2D eigenvalue weighted by molar-refractivity contribution is 7.89. The molecule has 1 amide bonds. The molecule has 1 heterocycles. The Morgan fingerprint density at radius 3 is 2.14 bits per heavy atom. The van der Waals surface area contributed by atoms with Gasteiger partial charge in [-0.1, -0.05) is 24.6 Å². The van der Waals surface area contributed by atoms with E-state index in [1.54, 1.807) is 0 Å². The number of carbonyl (C=O) groups excluding carboxylic acids is 1. The number of sulfonamides is 1. The standard InChI is InChI=1S/C26H22F3N3O3S/c27-26(28,29)23-6-4-5-22(24(23)19-9-7-18(17-30)8-10-19)25(33)31-20-11-13-21(14-12-20)36(34,35)32-15-2-1-3-16-32/h4-14H,1-3,15-16H2,(H,31,33). The summed E-state index contributed by atoms with van der Waals surface area (Å²) in [5, 5.41) is 11.6. The average Bonchev–Trinajstić information content (AvgIpc) is 2.88. The predicted octanol–water partition coefficient (Wildman–Crippen LogP) is 5.67. The molecular formula is C26H22F3N3O3S. The number of anilines is 1. The van der Waals surface area contributed by atoms with Crippen LogP contribution < -0.4 is 5.32 Å². The van der Waals surface area contributed by atoms with Crippen molar-refractivity contribution >= 4 is 21.6 Å². The van der Waals surface area contributed by atoms with Crippen LogP contribution in [0.3, 0.4) is 0 Å². The first kappa shape index (κ1) is 25.4. The largest absolute Gasteiger partial charge is 0.417 e. The van der Waals surface area contributed by atoms with Crippen molar-refractivity contribution in [3.05, 3.63) is 83.4 Å². The number of carbonyl (C=O) groups is 1. The normalized spacial score (nSPS) is 14.7. The Balaban J connectivity index is 1.64. The Morgan fingerprint density at radius 2 is 1.56 bits per heavy atom. The second kappa shape index (κ2) is 10.1. The third kappa shape index (κ3) is 5.27. The van der Waals surface area contributed by atoms with Crippen molar-refractivity contribution in [1.29, 1.82) is 5.26 Å². The van der Waals surface area contributed by atoms with Gasteiger partial charge < -0.3 is 5.32 Å². The fourth-order valence-corrected chi connectivity index (χ4v) is 5.68. The van der Waals surface area contributed by atoms with Gasteiger partial charge in [0.25, 0.3) is 5.91 Å². The number of nitrogens with one attached hydrogen (secondary N) is 1. The molecule has 186 valence electrons. The highest BCUT2D eigenvalue weighted by Crippen LogP contribution is 2.39. The van der Waals surface area contributed by atoms with Crippen LogP contribution in [-0.2, 0) is 16.2 Å². The number of amides is 1. The molecule has 0 atom stereocenters. The van der Waals surface area contributed by atoms with E-state index >= 15 is 0 Å². The summed E-state index contributed by atoms with van der Waals surface area (Å²) >= 11 is 0. The Kier molecular flexibility index (Phi) is 7.15. The Morgan fingerprint density at radius 1 is 0.917 bits per heavy atom. The molecular weight excluding hydrogens is 491 g/mol. The van der Waals surface area contributed by atoms with Crippen molar-refractivity contribution in [3.8, 4) is 17.2 Å². The summed E-state index contributed by atoms with van der Waals surface area (Å²) in [4.78, 5) is 13.2. The van der Waals surface area contributed by atoms with Gasteiger partial charge in [0.1, 0.15) is 0 Å². The van der Waals surface area contributed by atoms with Gasteiger partial charge in [0, 0.05) is 29.9 Å². The van der Waals surface area contributed by atoms with E-state index < -0.39 is 27.7 Å². The lowest BCUT2D eigenvalue weighted by Gasteiger charge is -2.25. The second-order valence-electron chi connectivity index (χ2n) is 8.36. The fourth-order valence-electron chi connectivity index (χ4n) is 4.16. The van der Waals surface area contributed by atoms with E-state index in [2.05, 4.69) is 5.32 Å². The molecule has 1 saturated heterocycles. The van der Waals surface area contributed by atoms with Crippen molar-refractivity contribution < 1.29 is 26.4 Å². The number of nitriles is 1. The molecule has 0 aliphatic carbocycles. The molecule has 0 aromatic heterocycles. The van der Waals surface area contributed by atoms with Crippen molar-refractivity contribution in [2.75, 3.05) is 18.4 Å². The van der Waals surface area contributed by atoms with Crippen LogP contribution in [0.4, 0.5) is 18.9 Å². The van der Waals surface area contributed by atoms with Crippen LogP contribution in [0.25, 0.3) is 11.1 Å². The monoisotopic (exact) mass is 513 g/mol. The molecule has 0 bridgehead atoms. The zero-order valence-electron chi connectivity index (χ0n) is 19.0. The van der Waals surface area contributed by atoms with E-state index in [4.69, 9.17) is 5.26 Å². The first-order valence-electron chi connectivity index (χ1n) is 11.2. The van der Waals surface area contributed by atoms with Gasteiger partial charge in [-0.3, -0.25) is 4.79 Å². The summed E-state index contributed by atoms with van der Waals surface area (Å²) in [6.45, 7) is 0.906. The van der Waals surface area contributed by atoms with Crippen molar-refractivity contribution in [2.45, 2.75) is 30.3 Å². The average molecular weight is 514 g/mol. The number of hydrogen-bond acceptors (Lipinski definition) is 4. The van der Waals surface area contributed by atoms with Gasteiger partial charge in [-0.2, -0.15) is 22.7 Å². The number of nitrogens with zero attached hydrogens (tertiary/aromatic N) is 2. The quantitative estimate of drug-likeness (QED) is 0.476. The minimum absolute atomic E-state index is 0.0831. The SMILES string of the molecule is N#Cc1ccc(-c2c(C(=O)Nc3ccc(S(=O)(=O)N4CCCCC4)cc3)cccc2C(F)(F)F)cc1. The molecule has 1 N–H and O–H groups in total. The topological polar surface area (TPSA) is 90.3 Å². The van der Waals surface area contributed by atoms with Crippen molar-refractivity contribution in [3.63, 3.8) is 0 Å². The van der Waals surface area contributed by atoms with Gasteiger partial charge in [-0.25, -0.2) is 8.42 Å². The number of hydrogen-bond donors (Lipinski definition) is 1. The van der Waals surface area contributed by atoms with E-state index in [1.807, 2.05) is 6.07 Å². The Bertz CT molecular complexity index is 1410. The van der Waals surface area contributed by atoms with Crippen LogP contribution in [0.1, 0.15) is 40.7 Å². The lowest BCUT2D eigenvalue weighted by atomic mass is 9.93. The van der Waals surface area contributed by atoms with Gasteiger partial charge in [0.2, 0.25) is 10.0 Å². The highest BCUT2D eigenvalue weighted by Gasteiger charge is 2.35. The lowest BCUT2D eigenvalue weighted by molar-refractivity contribution is -0.137. The molecule has 3 aromatic rings. The minimum atomic E-state index is -4.72. The molecule has 36 heavy (non-hydrogen) atoms. The van der Waals surface area contributed by atoms with Crippen LogP contribution in [0.5, 0.6) is 0 Å². The molecule has 0 spiro atoms. The number of benzene rings is 3. The van der Waals surface area contributed by atoms with Crippen LogP contribution in [-0.4, -0.2) is 31.7 Å². The first-order valence-corrected chi connectivity index (χ1v) is 12.7. The molecule has 4 rings (SSSR count). The number of rotatable bonds is 5. The van der Waals surface area contributed by atoms with Crippen LogP contribution >= 0.6 is 0 Å². The number of alkyl halides is 3. The first-order chi connectivity index (χ1) is 17.1. The minimum Gasteiger partial charge on any atom is -0.322 e. The second-order valence-corrected chi connectivity index (χ2v) is 10.3. The lowest BCUT2D eigenvalue weighted by Crippen LogP contribution is -2.35. The maximum atomic E-state index is 13.8. The van der Waals surface area contributed by atoms with Gasteiger partial charge >= 0.3 is 6.18 Å². The molecule has 0 unspecified atom stereocenters. The van der Waals surface area contributed by atoms with Crippen molar-refractivity contribution in [1.82, 2.24) is 4.31 Å². The van der Waals surface area contributed by atoms with E-state index in [1.165, 1.54) is 58.9 Å². The maximum Gasteiger partial charge on any atom is 0.417 e. The summed E-state index contributed by atoms with van der Waals surface area (Å²) < 4.78 is 68.5. The van der Waals surface area contributed by atoms with Crippen LogP contribution in [0, 0.1) is 11.3 Å². The molecule has 1 aliphatic rings.